The Morgan fingerprint density at radius 3 is 2.27 bits per heavy atom. The Kier molecular flexibility index (Phi) is 8.42. The van der Waals surface area contributed by atoms with Crippen LogP contribution in [0.2, 0.25) is 0 Å². The number of hydrogen-bond donors (Lipinski definition) is 1. The van der Waals surface area contributed by atoms with Gasteiger partial charge < -0.3 is 4.74 Å². The fourth-order valence-corrected chi connectivity index (χ4v) is 3.89. The van der Waals surface area contributed by atoms with E-state index in [1.165, 1.54) is 11.8 Å². The maximum absolute atomic E-state index is 12.0. The number of carbonyl (C=O) groups excluding carboxylic acids is 1. The molecule has 0 atom stereocenters. The number of nitrogens with zero attached hydrogens (tertiary/aromatic N) is 1. The number of ether oxygens (including phenoxy) is 1. The van der Waals surface area contributed by atoms with Crippen molar-refractivity contribution in [1.82, 2.24) is 5.43 Å². The molecule has 5 heteroatoms. The van der Waals surface area contributed by atoms with Crippen molar-refractivity contribution in [3.8, 4) is 5.75 Å². The Labute approximate surface area is 188 Å². The second-order valence-electron chi connectivity index (χ2n) is 9.17. The summed E-state index contributed by atoms with van der Waals surface area (Å²) >= 11 is 3.41. The number of halogens is 1. The summed E-state index contributed by atoms with van der Waals surface area (Å²) in [4.78, 5) is 12.0. The predicted molar refractivity (Wildman–Crippen MR) is 129 cm³/mol. The smallest absolute Gasteiger partial charge is 0.277 e. The van der Waals surface area contributed by atoms with Crippen LogP contribution in [-0.2, 0) is 10.2 Å². The normalized spacial score (nSPS) is 12.8. The van der Waals surface area contributed by atoms with E-state index in [1.54, 1.807) is 0 Å². The number of carbonyl (C=O) groups is 1. The first-order valence-electron chi connectivity index (χ1n) is 10.0. The molecule has 0 radical (unpaired) electrons. The molecule has 2 aromatic carbocycles. The fourth-order valence-electron chi connectivity index (χ4n) is 3.52. The van der Waals surface area contributed by atoms with Crippen LogP contribution >= 0.6 is 15.9 Å². The van der Waals surface area contributed by atoms with Crippen molar-refractivity contribution in [2.75, 3.05) is 6.61 Å². The first kappa shape index (κ1) is 23.9. The standard InChI is InChI=1S/C25H31BrN2O2/c1-24(2,3)18-25(4,5)20-11-13-22(14-12-20)30-17-23(29)28-27-16-21(26)15-19-9-7-6-8-10-19/h6-16H,17-18H2,1-5H3,(H,28,29)/b21-15+,27-16-. The minimum Gasteiger partial charge on any atom is -0.484 e. The average Bonchev–Trinajstić information content (AvgIpc) is 2.65. The van der Waals surface area contributed by atoms with Gasteiger partial charge in [-0.1, -0.05) is 77.1 Å². The molecular formula is C25H31BrN2O2. The van der Waals surface area contributed by atoms with Crippen LogP contribution in [0.15, 0.2) is 64.2 Å². The number of rotatable bonds is 8. The molecule has 1 N–H and O–H groups in total. The largest absolute Gasteiger partial charge is 0.484 e. The number of benzene rings is 2. The summed E-state index contributed by atoms with van der Waals surface area (Å²) in [6, 6.07) is 17.8. The van der Waals surface area contributed by atoms with Gasteiger partial charge in [0, 0.05) is 4.48 Å². The molecule has 160 valence electrons. The zero-order valence-electron chi connectivity index (χ0n) is 18.4. The molecule has 0 saturated carbocycles. The number of hydrazone groups is 1. The van der Waals surface area contributed by atoms with E-state index >= 15 is 0 Å². The summed E-state index contributed by atoms with van der Waals surface area (Å²) in [5.41, 5.74) is 5.09. The summed E-state index contributed by atoms with van der Waals surface area (Å²) < 4.78 is 6.33. The molecule has 2 rings (SSSR count). The van der Waals surface area contributed by atoms with Crippen LogP contribution in [0.25, 0.3) is 6.08 Å². The third-order valence-electron chi connectivity index (χ3n) is 4.46. The third-order valence-corrected chi connectivity index (χ3v) is 4.89. The van der Waals surface area contributed by atoms with E-state index in [0.29, 0.717) is 5.75 Å². The van der Waals surface area contributed by atoms with Crippen LogP contribution in [-0.4, -0.2) is 18.7 Å². The van der Waals surface area contributed by atoms with E-state index in [9.17, 15) is 4.79 Å². The van der Waals surface area contributed by atoms with Crippen molar-refractivity contribution in [2.24, 2.45) is 10.5 Å². The Morgan fingerprint density at radius 2 is 1.67 bits per heavy atom. The first-order valence-corrected chi connectivity index (χ1v) is 10.8. The summed E-state index contributed by atoms with van der Waals surface area (Å²) in [6.45, 7) is 11.2. The van der Waals surface area contributed by atoms with Crippen molar-refractivity contribution in [2.45, 2.75) is 46.5 Å². The van der Waals surface area contributed by atoms with Crippen molar-refractivity contribution in [1.29, 1.82) is 0 Å². The quantitative estimate of drug-likeness (QED) is 0.362. The summed E-state index contributed by atoms with van der Waals surface area (Å²) in [7, 11) is 0. The van der Waals surface area contributed by atoms with Crippen LogP contribution in [0, 0.1) is 5.41 Å². The minimum atomic E-state index is -0.316. The van der Waals surface area contributed by atoms with Crippen LogP contribution < -0.4 is 10.2 Å². The van der Waals surface area contributed by atoms with E-state index in [1.807, 2.05) is 48.5 Å². The van der Waals surface area contributed by atoms with Crippen LogP contribution in [0.4, 0.5) is 0 Å². The lowest BCUT2D eigenvalue weighted by Gasteiger charge is -2.33. The Hall–Kier alpha value is -2.40. The van der Waals surface area contributed by atoms with Crippen LogP contribution in [0.3, 0.4) is 0 Å². The minimum absolute atomic E-state index is 0.0729. The van der Waals surface area contributed by atoms with E-state index in [4.69, 9.17) is 4.74 Å². The molecule has 30 heavy (non-hydrogen) atoms. The predicted octanol–water partition coefficient (Wildman–Crippen LogP) is 6.32. The van der Waals surface area contributed by atoms with Crippen LogP contribution in [0.1, 0.15) is 52.2 Å². The highest BCUT2D eigenvalue weighted by Gasteiger charge is 2.27. The third kappa shape index (κ3) is 8.54. The summed E-state index contributed by atoms with van der Waals surface area (Å²) in [5.74, 6) is 0.345. The second kappa shape index (κ2) is 10.6. The molecule has 0 bridgehead atoms. The molecule has 2 aromatic rings. The fraction of sp³-hybridized carbons (Fsp3) is 0.360. The van der Waals surface area contributed by atoms with E-state index < -0.39 is 0 Å². The molecule has 0 saturated heterocycles. The highest BCUT2D eigenvalue weighted by molar-refractivity contribution is 9.12. The zero-order valence-corrected chi connectivity index (χ0v) is 20.0. The van der Waals surface area contributed by atoms with Gasteiger partial charge >= 0.3 is 0 Å². The van der Waals surface area contributed by atoms with Gasteiger partial charge in [-0.2, -0.15) is 5.10 Å². The molecule has 0 aliphatic carbocycles. The Bertz CT molecular complexity index is 880. The summed E-state index contributed by atoms with van der Waals surface area (Å²) in [6.07, 6.45) is 4.53. The summed E-state index contributed by atoms with van der Waals surface area (Å²) in [5, 5.41) is 3.94. The van der Waals surface area contributed by atoms with Gasteiger partial charge in [-0.15, -0.1) is 0 Å². The number of hydrogen-bond acceptors (Lipinski definition) is 3. The molecule has 0 unspecified atom stereocenters. The molecule has 0 spiro atoms. The zero-order chi connectivity index (χ0) is 22.2. The SMILES string of the molecule is CC(C)(C)CC(C)(C)c1ccc(OCC(=O)N/N=C\C(Br)=C/c2ccccc2)cc1. The van der Waals surface area contributed by atoms with Gasteiger partial charge in [-0.25, -0.2) is 5.43 Å². The average molecular weight is 471 g/mol. The Morgan fingerprint density at radius 1 is 1.03 bits per heavy atom. The molecule has 0 heterocycles. The van der Waals surface area contributed by atoms with Gasteiger partial charge in [-0.05, 0) is 62.5 Å². The maximum Gasteiger partial charge on any atom is 0.277 e. The van der Waals surface area contributed by atoms with Gasteiger partial charge in [0.1, 0.15) is 5.75 Å². The first-order chi connectivity index (χ1) is 14.0. The van der Waals surface area contributed by atoms with Crippen molar-refractivity contribution in [3.63, 3.8) is 0 Å². The molecule has 1 amide bonds. The van der Waals surface area contributed by atoms with Crippen LogP contribution in [0.5, 0.6) is 5.75 Å². The van der Waals surface area contributed by atoms with E-state index in [-0.39, 0.29) is 23.3 Å². The van der Waals surface area contributed by atoms with Gasteiger partial charge in [0.2, 0.25) is 0 Å². The number of nitrogens with one attached hydrogen (secondary N) is 1. The topological polar surface area (TPSA) is 50.7 Å². The molecule has 0 aliphatic rings. The second-order valence-corrected chi connectivity index (χ2v) is 10.1. The monoisotopic (exact) mass is 470 g/mol. The molecular weight excluding hydrogens is 440 g/mol. The lowest BCUT2D eigenvalue weighted by molar-refractivity contribution is -0.123. The molecule has 4 nitrogen and oxygen atoms in total. The number of allylic oxidation sites excluding steroid dienone is 1. The lowest BCUT2D eigenvalue weighted by Crippen LogP contribution is -2.25. The number of amides is 1. The lowest BCUT2D eigenvalue weighted by atomic mass is 9.72. The van der Waals surface area contributed by atoms with Gasteiger partial charge in [0.15, 0.2) is 6.61 Å². The molecule has 0 fully saturated rings. The Balaban J connectivity index is 1.82. The highest BCUT2D eigenvalue weighted by Crippen LogP contribution is 2.36. The van der Waals surface area contributed by atoms with Crippen molar-refractivity contribution >= 4 is 34.1 Å². The highest BCUT2D eigenvalue weighted by atomic mass is 79.9. The van der Waals surface area contributed by atoms with Crippen molar-refractivity contribution < 1.29 is 9.53 Å². The van der Waals surface area contributed by atoms with E-state index in [2.05, 4.69) is 73.2 Å². The van der Waals surface area contributed by atoms with Crippen molar-refractivity contribution in [3.05, 3.63) is 70.2 Å². The maximum atomic E-state index is 12.0. The van der Waals surface area contributed by atoms with Gasteiger partial charge in [-0.3, -0.25) is 4.79 Å². The molecule has 0 aromatic heterocycles. The van der Waals surface area contributed by atoms with E-state index in [0.717, 1.165) is 16.5 Å². The molecule has 0 aliphatic heterocycles. The van der Waals surface area contributed by atoms with Gasteiger partial charge in [0.05, 0.1) is 6.21 Å². The van der Waals surface area contributed by atoms with Gasteiger partial charge in [0.25, 0.3) is 5.91 Å².